The fraction of sp³-hybridized carbons (Fsp3) is 0.212. The van der Waals surface area contributed by atoms with Crippen LogP contribution in [0.2, 0.25) is 0 Å². The Balaban J connectivity index is 0.00000294. The zero-order valence-electron chi connectivity index (χ0n) is 22.6. The van der Waals surface area contributed by atoms with Gasteiger partial charge >= 0.3 is 0 Å². The molecule has 0 amide bonds. The molecular weight excluding hydrogens is 488 g/mol. The first-order valence-corrected chi connectivity index (χ1v) is 13.0. The van der Waals surface area contributed by atoms with Gasteiger partial charge < -0.3 is 4.57 Å². The van der Waals surface area contributed by atoms with Gasteiger partial charge in [-0.2, -0.15) is 9.61 Å². The van der Waals surface area contributed by atoms with Gasteiger partial charge in [0.1, 0.15) is 5.65 Å². The molecule has 0 saturated heterocycles. The van der Waals surface area contributed by atoms with Gasteiger partial charge in [0.15, 0.2) is 5.65 Å². The van der Waals surface area contributed by atoms with Gasteiger partial charge in [0.05, 0.1) is 23.0 Å². The molecule has 3 heterocycles. The van der Waals surface area contributed by atoms with Gasteiger partial charge in [0, 0.05) is 11.6 Å². The lowest BCUT2D eigenvalue weighted by Crippen LogP contribution is -2.15. The molecule has 0 aliphatic heterocycles. The van der Waals surface area contributed by atoms with Gasteiger partial charge in [-0.25, -0.2) is 4.98 Å². The van der Waals surface area contributed by atoms with Crippen LogP contribution in [0.1, 0.15) is 45.2 Å². The van der Waals surface area contributed by atoms with Crippen molar-refractivity contribution in [1.29, 1.82) is 0 Å². The topological polar surface area (TPSA) is 35.1 Å². The summed E-state index contributed by atoms with van der Waals surface area (Å²) in [7, 11) is 0. The van der Waals surface area contributed by atoms with E-state index in [1.54, 1.807) is 0 Å². The predicted molar refractivity (Wildman–Crippen MR) is 160 cm³/mol. The largest absolute Gasteiger partial charge is 0.325 e. The van der Waals surface area contributed by atoms with Crippen molar-refractivity contribution in [2.45, 2.75) is 47.1 Å². The standard InChI is InChI=1S/C33H32N4.ClH/c1-21-18-22(2)30(23(3)19-21)31-25(5)35-37-32(31)34-24(4)28-16-17-36(33(28)37)29(27-14-10-7-11-15-27)20-26-12-8-6-9-13-26;/h6-19,29H,20H2,1-5H3;1H. The number of fused-ring (bicyclic) bond motifs is 3. The molecule has 0 spiro atoms. The van der Waals surface area contributed by atoms with Crippen LogP contribution in [0.25, 0.3) is 27.8 Å². The van der Waals surface area contributed by atoms with Gasteiger partial charge in [0.2, 0.25) is 0 Å². The summed E-state index contributed by atoms with van der Waals surface area (Å²) in [6.07, 6.45) is 3.10. The van der Waals surface area contributed by atoms with E-state index in [0.29, 0.717) is 0 Å². The lowest BCUT2D eigenvalue weighted by molar-refractivity contribution is 0.591. The highest BCUT2D eigenvalue weighted by Gasteiger charge is 2.24. The Morgan fingerprint density at radius 1 is 0.737 bits per heavy atom. The second-order valence-electron chi connectivity index (χ2n) is 10.2. The van der Waals surface area contributed by atoms with Crippen molar-refractivity contribution in [2.75, 3.05) is 0 Å². The molecule has 192 valence electrons. The Kier molecular flexibility index (Phi) is 6.85. The van der Waals surface area contributed by atoms with Crippen LogP contribution >= 0.6 is 12.4 Å². The first kappa shape index (κ1) is 25.7. The van der Waals surface area contributed by atoms with Crippen LogP contribution in [0.15, 0.2) is 85.1 Å². The zero-order chi connectivity index (χ0) is 25.7. The molecule has 1 unspecified atom stereocenters. The molecule has 6 aromatic rings. The SMILES string of the molecule is Cc1cc(C)c(-c2c(C)nn3c2nc(C)c2ccn(C(Cc4ccccc4)c4ccccc4)c23)c(C)c1.Cl. The van der Waals surface area contributed by atoms with Crippen LogP contribution in [0.3, 0.4) is 0 Å². The summed E-state index contributed by atoms with van der Waals surface area (Å²) in [6, 6.07) is 28.3. The fourth-order valence-corrected chi connectivity index (χ4v) is 5.94. The minimum Gasteiger partial charge on any atom is -0.325 e. The van der Waals surface area contributed by atoms with Crippen LogP contribution in [-0.4, -0.2) is 19.2 Å². The Morgan fingerprint density at radius 2 is 1.37 bits per heavy atom. The molecule has 1 atom stereocenters. The fourth-order valence-electron chi connectivity index (χ4n) is 5.94. The molecule has 6 rings (SSSR count). The quantitative estimate of drug-likeness (QED) is 0.230. The van der Waals surface area contributed by atoms with Crippen molar-refractivity contribution in [3.05, 3.63) is 124 Å². The van der Waals surface area contributed by atoms with Crippen LogP contribution in [-0.2, 0) is 6.42 Å². The molecule has 0 bridgehead atoms. The van der Waals surface area contributed by atoms with E-state index in [1.165, 1.54) is 33.4 Å². The number of halogens is 1. The summed E-state index contributed by atoms with van der Waals surface area (Å²) in [5.74, 6) is 0. The first-order chi connectivity index (χ1) is 17.9. The molecule has 0 fully saturated rings. The zero-order valence-corrected chi connectivity index (χ0v) is 23.4. The van der Waals surface area contributed by atoms with Crippen LogP contribution < -0.4 is 0 Å². The molecule has 0 aliphatic carbocycles. The molecule has 3 aromatic heterocycles. The summed E-state index contributed by atoms with van der Waals surface area (Å²) in [5, 5.41) is 6.25. The summed E-state index contributed by atoms with van der Waals surface area (Å²) in [6.45, 7) is 10.8. The Labute approximate surface area is 230 Å². The molecule has 5 heteroatoms. The third-order valence-corrected chi connectivity index (χ3v) is 7.51. The van der Waals surface area contributed by atoms with E-state index in [1.807, 2.05) is 0 Å². The van der Waals surface area contributed by atoms with E-state index < -0.39 is 0 Å². The van der Waals surface area contributed by atoms with Crippen molar-refractivity contribution < 1.29 is 0 Å². The van der Waals surface area contributed by atoms with E-state index in [4.69, 9.17) is 10.1 Å². The summed E-state index contributed by atoms with van der Waals surface area (Å²) in [4.78, 5) is 5.12. The number of aromatic nitrogens is 4. The predicted octanol–water partition coefficient (Wildman–Crippen LogP) is 8.15. The third kappa shape index (κ3) is 4.29. The lowest BCUT2D eigenvalue weighted by atomic mass is 9.94. The molecular formula is C33H33ClN4. The average Bonchev–Trinajstić information content (AvgIpc) is 3.45. The minimum atomic E-state index is 0. The van der Waals surface area contributed by atoms with Crippen LogP contribution in [0.4, 0.5) is 0 Å². The van der Waals surface area contributed by atoms with Crippen molar-refractivity contribution in [2.24, 2.45) is 0 Å². The molecule has 4 nitrogen and oxygen atoms in total. The van der Waals surface area contributed by atoms with Crippen molar-refractivity contribution >= 4 is 29.1 Å². The molecule has 0 N–H and O–H groups in total. The van der Waals surface area contributed by atoms with E-state index in [9.17, 15) is 0 Å². The van der Waals surface area contributed by atoms with Crippen LogP contribution in [0, 0.1) is 34.6 Å². The van der Waals surface area contributed by atoms with Gasteiger partial charge in [-0.15, -0.1) is 12.4 Å². The molecule has 3 aromatic carbocycles. The third-order valence-electron chi connectivity index (χ3n) is 7.51. The number of nitrogens with zero attached hydrogens (tertiary/aromatic N) is 4. The Morgan fingerprint density at radius 3 is 2.03 bits per heavy atom. The maximum Gasteiger partial charge on any atom is 0.165 e. The number of hydrogen-bond donors (Lipinski definition) is 0. The molecule has 0 radical (unpaired) electrons. The average molecular weight is 521 g/mol. The van der Waals surface area contributed by atoms with E-state index in [-0.39, 0.29) is 18.4 Å². The van der Waals surface area contributed by atoms with Gasteiger partial charge in [-0.3, -0.25) is 0 Å². The highest BCUT2D eigenvalue weighted by molar-refractivity contribution is 5.89. The first-order valence-electron chi connectivity index (χ1n) is 13.0. The maximum atomic E-state index is 5.12. The van der Waals surface area contributed by atoms with Crippen molar-refractivity contribution in [1.82, 2.24) is 19.2 Å². The maximum absolute atomic E-state index is 5.12. The van der Waals surface area contributed by atoms with E-state index in [0.717, 1.165) is 40.1 Å². The summed E-state index contributed by atoms with van der Waals surface area (Å²) >= 11 is 0. The van der Waals surface area contributed by atoms with Gasteiger partial charge in [0.25, 0.3) is 0 Å². The van der Waals surface area contributed by atoms with Crippen molar-refractivity contribution in [3.63, 3.8) is 0 Å². The Bertz CT molecular complexity index is 1720. The molecule has 0 saturated carbocycles. The van der Waals surface area contributed by atoms with Gasteiger partial charge in [-0.1, -0.05) is 78.4 Å². The van der Waals surface area contributed by atoms with Gasteiger partial charge in [-0.05, 0) is 74.9 Å². The monoisotopic (exact) mass is 520 g/mol. The summed E-state index contributed by atoms with van der Waals surface area (Å²) < 4.78 is 4.47. The van der Waals surface area contributed by atoms with E-state index >= 15 is 0 Å². The normalized spacial score (nSPS) is 12.1. The number of benzene rings is 3. The van der Waals surface area contributed by atoms with Crippen molar-refractivity contribution in [3.8, 4) is 11.1 Å². The Hall–Kier alpha value is -3.89. The highest BCUT2D eigenvalue weighted by Crippen LogP contribution is 2.36. The minimum absolute atomic E-state index is 0. The van der Waals surface area contributed by atoms with E-state index in [2.05, 4.69) is 129 Å². The second kappa shape index (κ2) is 10.1. The second-order valence-corrected chi connectivity index (χ2v) is 10.2. The molecule has 38 heavy (non-hydrogen) atoms. The van der Waals surface area contributed by atoms with Crippen LogP contribution in [0.5, 0.6) is 0 Å². The number of aryl methyl sites for hydroxylation is 5. The smallest absolute Gasteiger partial charge is 0.165 e. The highest BCUT2D eigenvalue weighted by atomic mass is 35.5. The number of rotatable bonds is 5. The molecule has 0 aliphatic rings. The number of hydrogen-bond acceptors (Lipinski definition) is 2. The summed E-state index contributed by atoms with van der Waals surface area (Å²) in [5.41, 5.74) is 12.8. The lowest BCUT2D eigenvalue weighted by Gasteiger charge is -2.21.